The van der Waals surface area contributed by atoms with Crippen molar-refractivity contribution in [2.45, 2.75) is 99.0 Å². The maximum absolute atomic E-state index is 13.5. The summed E-state index contributed by atoms with van der Waals surface area (Å²) in [6.07, 6.45) is 5.53. The van der Waals surface area contributed by atoms with E-state index in [0.717, 1.165) is 24.8 Å². The Morgan fingerprint density at radius 3 is 2.22 bits per heavy atom. The number of allylic oxidation sites excluding steroid dienone is 1. The summed E-state index contributed by atoms with van der Waals surface area (Å²) in [6, 6.07) is 0. The summed E-state index contributed by atoms with van der Waals surface area (Å²) in [4.78, 5) is 39.3. The van der Waals surface area contributed by atoms with E-state index in [1.807, 2.05) is 0 Å². The molecule has 0 radical (unpaired) electrons. The van der Waals surface area contributed by atoms with Gasteiger partial charge in [-0.15, -0.1) is 0 Å². The van der Waals surface area contributed by atoms with Crippen LogP contribution in [-0.4, -0.2) is 39.1 Å². The minimum absolute atomic E-state index is 0.0342. The standard InChI is InChI=1S/C30H44O6/c1-16-15-22(32)29(24(33)34)13-14-30(25(35)36)18(23(29)17(16)2)7-8-20-27(5)11-10-21(31)26(3,4)19(27)9-12-28(20,30)6/h7,16-17,19-20,22-23,32H,8-15H2,1-6H3,(H,33,34)(H,35,36). The average molecular weight is 501 g/mol. The molecule has 5 aliphatic rings. The third-order valence-electron chi connectivity index (χ3n) is 13.0. The summed E-state index contributed by atoms with van der Waals surface area (Å²) in [5.41, 5.74) is -2.82. The number of aliphatic carboxylic acids is 2. The van der Waals surface area contributed by atoms with Crippen molar-refractivity contribution in [3.8, 4) is 0 Å². The van der Waals surface area contributed by atoms with Crippen LogP contribution in [0.15, 0.2) is 11.6 Å². The van der Waals surface area contributed by atoms with Gasteiger partial charge in [-0.3, -0.25) is 14.4 Å². The van der Waals surface area contributed by atoms with Gasteiger partial charge in [0.05, 0.1) is 11.5 Å². The van der Waals surface area contributed by atoms with Gasteiger partial charge in [-0.05, 0) is 79.4 Å². The van der Waals surface area contributed by atoms with Crippen LogP contribution in [0.2, 0.25) is 0 Å². The molecule has 4 saturated carbocycles. The molecule has 36 heavy (non-hydrogen) atoms. The maximum Gasteiger partial charge on any atom is 0.314 e. The first-order valence-corrected chi connectivity index (χ1v) is 14.0. The number of rotatable bonds is 2. The molecule has 0 aromatic carbocycles. The first kappa shape index (κ1) is 25.9. The molecule has 3 N–H and O–H groups in total. The van der Waals surface area contributed by atoms with E-state index >= 15 is 0 Å². The summed E-state index contributed by atoms with van der Waals surface area (Å²) >= 11 is 0. The van der Waals surface area contributed by atoms with Crippen molar-refractivity contribution in [1.29, 1.82) is 0 Å². The number of ketones is 1. The van der Waals surface area contributed by atoms with E-state index in [2.05, 4.69) is 47.6 Å². The normalized spacial score (nSPS) is 51.6. The first-order valence-electron chi connectivity index (χ1n) is 14.0. The maximum atomic E-state index is 13.5. The Hall–Kier alpha value is -1.69. The molecule has 0 saturated heterocycles. The van der Waals surface area contributed by atoms with Gasteiger partial charge < -0.3 is 15.3 Å². The Balaban J connectivity index is 1.70. The number of aliphatic hydroxyl groups is 1. The number of carbonyl (C=O) groups is 3. The van der Waals surface area contributed by atoms with Crippen molar-refractivity contribution >= 4 is 17.7 Å². The summed E-state index contributed by atoms with van der Waals surface area (Å²) < 4.78 is 0. The smallest absolute Gasteiger partial charge is 0.314 e. The van der Waals surface area contributed by atoms with Gasteiger partial charge in [-0.25, -0.2) is 0 Å². The monoisotopic (exact) mass is 500 g/mol. The van der Waals surface area contributed by atoms with Gasteiger partial charge in [0.2, 0.25) is 0 Å². The van der Waals surface area contributed by atoms with E-state index in [1.54, 1.807) is 0 Å². The molecule has 5 aliphatic carbocycles. The number of hydrogen-bond donors (Lipinski definition) is 3. The van der Waals surface area contributed by atoms with Crippen LogP contribution in [0.1, 0.15) is 92.9 Å². The number of carboxylic acids is 2. The zero-order chi connectivity index (χ0) is 26.6. The summed E-state index contributed by atoms with van der Waals surface area (Å²) in [6.45, 7) is 12.7. The van der Waals surface area contributed by atoms with Crippen molar-refractivity contribution in [3.63, 3.8) is 0 Å². The van der Waals surface area contributed by atoms with Crippen molar-refractivity contribution in [2.75, 3.05) is 0 Å². The van der Waals surface area contributed by atoms with Gasteiger partial charge in [-0.2, -0.15) is 0 Å². The van der Waals surface area contributed by atoms with Crippen LogP contribution in [0.5, 0.6) is 0 Å². The first-order chi connectivity index (χ1) is 16.6. The number of Topliss-reactive ketones (excluding diaryl/α,β-unsaturated/α-hetero) is 1. The number of carbonyl (C=O) groups excluding carboxylic acids is 1. The molecule has 0 spiro atoms. The topological polar surface area (TPSA) is 112 Å². The molecule has 0 amide bonds. The second kappa shape index (κ2) is 7.68. The molecule has 0 bridgehead atoms. The van der Waals surface area contributed by atoms with Crippen LogP contribution in [0.25, 0.3) is 0 Å². The van der Waals surface area contributed by atoms with Gasteiger partial charge >= 0.3 is 11.9 Å². The number of fused-ring (bicyclic) bond motifs is 7. The lowest BCUT2D eigenvalue weighted by atomic mass is 9.33. The lowest BCUT2D eigenvalue weighted by Gasteiger charge is -2.70. The van der Waals surface area contributed by atoms with E-state index in [1.165, 1.54) is 0 Å². The van der Waals surface area contributed by atoms with E-state index in [-0.39, 0.29) is 41.9 Å². The van der Waals surface area contributed by atoms with E-state index in [4.69, 9.17) is 0 Å². The van der Waals surface area contributed by atoms with Gasteiger partial charge in [0.25, 0.3) is 0 Å². The van der Waals surface area contributed by atoms with E-state index in [9.17, 15) is 29.7 Å². The van der Waals surface area contributed by atoms with E-state index < -0.39 is 45.6 Å². The Morgan fingerprint density at radius 2 is 1.61 bits per heavy atom. The number of hydrogen-bond acceptors (Lipinski definition) is 4. The quantitative estimate of drug-likeness (QED) is 0.442. The predicted molar refractivity (Wildman–Crippen MR) is 135 cm³/mol. The molecule has 0 aromatic rings. The molecule has 10 atom stereocenters. The summed E-state index contributed by atoms with van der Waals surface area (Å²) in [7, 11) is 0. The van der Waals surface area contributed by atoms with Gasteiger partial charge in [-0.1, -0.05) is 53.2 Å². The molecule has 5 rings (SSSR count). The van der Waals surface area contributed by atoms with Crippen LogP contribution in [0.3, 0.4) is 0 Å². The van der Waals surface area contributed by atoms with Crippen molar-refractivity contribution in [1.82, 2.24) is 0 Å². The fourth-order valence-corrected chi connectivity index (χ4v) is 10.9. The third kappa shape index (κ3) is 2.75. The van der Waals surface area contributed by atoms with E-state index in [0.29, 0.717) is 25.0 Å². The third-order valence-corrected chi connectivity index (χ3v) is 13.0. The second-order valence-electron chi connectivity index (χ2n) is 14.2. The highest BCUT2D eigenvalue weighted by Crippen LogP contribution is 2.75. The second-order valence-corrected chi connectivity index (χ2v) is 14.2. The Kier molecular flexibility index (Phi) is 5.53. The fourth-order valence-electron chi connectivity index (χ4n) is 10.9. The molecule has 0 aliphatic heterocycles. The molecule has 6 nitrogen and oxygen atoms in total. The molecule has 0 heterocycles. The Labute approximate surface area is 214 Å². The average Bonchev–Trinajstić information content (AvgIpc) is 2.78. The van der Waals surface area contributed by atoms with Crippen LogP contribution >= 0.6 is 0 Å². The molecule has 200 valence electrons. The zero-order valence-corrected chi connectivity index (χ0v) is 22.8. The van der Waals surface area contributed by atoms with Crippen molar-refractivity contribution in [3.05, 3.63) is 11.6 Å². The Morgan fingerprint density at radius 1 is 0.944 bits per heavy atom. The minimum Gasteiger partial charge on any atom is -0.481 e. The molecule has 6 heteroatoms. The molecular weight excluding hydrogens is 456 g/mol. The summed E-state index contributed by atoms with van der Waals surface area (Å²) in [5, 5.41) is 32.8. The highest BCUT2D eigenvalue weighted by atomic mass is 16.4. The van der Waals surface area contributed by atoms with Gasteiger partial charge in [0.1, 0.15) is 11.2 Å². The molecule has 4 fully saturated rings. The number of carboxylic acid groups (broad SMARTS) is 2. The Bertz CT molecular complexity index is 1040. The number of aliphatic hydroxyl groups excluding tert-OH is 1. The highest BCUT2D eigenvalue weighted by Gasteiger charge is 2.74. The van der Waals surface area contributed by atoms with Gasteiger partial charge in [0.15, 0.2) is 0 Å². The van der Waals surface area contributed by atoms with Crippen molar-refractivity contribution in [2.24, 2.45) is 56.7 Å². The van der Waals surface area contributed by atoms with Crippen molar-refractivity contribution < 1.29 is 29.7 Å². The fraction of sp³-hybridized carbons (Fsp3) is 0.833. The lowest BCUT2D eigenvalue weighted by molar-refractivity contribution is -0.213. The molecule has 10 unspecified atom stereocenters. The van der Waals surface area contributed by atoms with Gasteiger partial charge in [0, 0.05) is 17.8 Å². The zero-order valence-electron chi connectivity index (χ0n) is 22.8. The van der Waals surface area contributed by atoms with Crippen LogP contribution in [0.4, 0.5) is 0 Å². The largest absolute Gasteiger partial charge is 0.481 e. The van der Waals surface area contributed by atoms with Crippen LogP contribution in [-0.2, 0) is 14.4 Å². The predicted octanol–water partition coefficient (Wildman–Crippen LogP) is 5.33. The molecule has 0 aromatic heterocycles. The summed E-state index contributed by atoms with van der Waals surface area (Å²) in [5.74, 6) is -1.62. The highest BCUT2D eigenvalue weighted by molar-refractivity contribution is 5.86. The lowest BCUT2D eigenvalue weighted by Crippen LogP contribution is -2.69. The molecular formula is C30H44O6. The van der Waals surface area contributed by atoms with Crippen LogP contribution < -0.4 is 0 Å². The van der Waals surface area contributed by atoms with Crippen LogP contribution in [0, 0.1) is 56.7 Å². The SMILES string of the molecule is CC1CC(O)C2(C(=O)O)CCC3(C(=O)O)C(=CCC4C5(C)CCC(=O)C(C)(C)C5CCC43C)C2C1C. The minimum atomic E-state index is -1.33.